The number of phenols is 1. The molecule has 0 spiro atoms. The number of rotatable bonds is 14. The van der Waals surface area contributed by atoms with E-state index in [1.165, 1.54) is 23.8 Å². The number of aliphatic hydroxyl groups is 1. The molecule has 0 saturated heterocycles. The van der Waals surface area contributed by atoms with Gasteiger partial charge in [-0.25, -0.2) is 9.59 Å². The Balaban J connectivity index is 2.44. The lowest BCUT2D eigenvalue weighted by Gasteiger charge is -2.14. The van der Waals surface area contributed by atoms with Crippen LogP contribution in [-0.4, -0.2) is 38.5 Å². The van der Waals surface area contributed by atoms with E-state index < -0.39 is 18.0 Å². The van der Waals surface area contributed by atoms with Crippen LogP contribution in [0, 0.1) is 0 Å². The van der Waals surface area contributed by atoms with Crippen molar-refractivity contribution in [2.75, 3.05) is 0 Å². The van der Waals surface area contributed by atoms with Crippen molar-refractivity contribution >= 4 is 11.9 Å². The zero-order valence-electron chi connectivity index (χ0n) is 19.8. The number of phenolic OH excluding ortho intramolecular Hbond substituents is 1. The Morgan fingerprint density at radius 2 is 1.61 bits per heavy atom. The van der Waals surface area contributed by atoms with Gasteiger partial charge < -0.3 is 20.4 Å². The second-order valence-corrected chi connectivity index (χ2v) is 8.44. The van der Waals surface area contributed by atoms with E-state index in [2.05, 4.69) is 12.7 Å². The summed E-state index contributed by atoms with van der Waals surface area (Å²) in [5, 5.41) is 38.3. The summed E-state index contributed by atoms with van der Waals surface area (Å²) in [6, 6.07) is 4.23. The quantitative estimate of drug-likeness (QED) is 0.207. The first kappa shape index (κ1) is 27.9. The average Bonchev–Trinajstić information content (AvgIpc) is 2.76. The van der Waals surface area contributed by atoms with Crippen LogP contribution in [0.1, 0.15) is 75.2 Å². The standard InChI is InChI=1S/C27H36O6/c1-18(8-6-10-21(4)26(30)31)7-5-9-20(3)24(28)15-12-19(2)11-13-22-17-23(27(32)33)14-16-25(22)29/h7,10-11,14,16-17,24,28-29H,3,5-6,8-9,12-13,15H2,1-2,4H3,(H,30,31)(H,32,33)/b18-7+,19-11+,21-10+. The molecule has 1 unspecified atom stereocenters. The number of carbonyl (C=O) groups is 2. The Labute approximate surface area is 196 Å². The van der Waals surface area contributed by atoms with Crippen LogP contribution in [0.15, 0.2) is 65.3 Å². The molecule has 0 radical (unpaired) electrons. The summed E-state index contributed by atoms with van der Waals surface area (Å²) >= 11 is 0. The number of aliphatic hydroxyl groups excluding tert-OH is 1. The largest absolute Gasteiger partial charge is 0.508 e. The molecule has 0 bridgehead atoms. The number of allylic oxidation sites excluding steroid dienone is 5. The van der Waals surface area contributed by atoms with Gasteiger partial charge in [-0.3, -0.25) is 0 Å². The highest BCUT2D eigenvalue weighted by Crippen LogP contribution is 2.22. The fourth-order valence-electron chi connectivity index (χ4n) is 3.21. The van der Waals surface area contributed by atoms with Gasteiger partial charge in [0.05, 0.1) is 11.7 Å². The van der Waals surface area contributed by atoms with Gasteiger partial charge in [0.25, 0.3) is 0 Å². The molecule has 1 atom stereocenters. The molecule has 0 fully saturated rings. The van der Waals surface area contributed by atoms with Crippen LogP contribution in [0.2, 0.25) is 0 Å². The van der Waals surface area contributed by atoms with Crippen LogP contribution in [0.4, 0.5) is 0 Å². The first-order chi connectivity index (χ1) is 15.5. The van der Waals surface area contributed by atoms with Gasteiger partial charge in [0.2, 0.25) is 0 Å². The van der Waals surface area contributed by atoms with Crippen LogP contribution in [0.3, 0.4) is 0 Å². The predicted octanol–water partition coefficient (Wildman–Crippen LogP) is 5.81. The predicted molar refractivity (Wildman–Crippen MR) is 131 cm³/mol. The highest BCUT2D eigenvalue weighted by Gasteiger charge is 2.10. The van der Waals surface area contributed by atoms with Crippen molar-refractivity contribution in [3.8, 4) is 5.75 Å². The van der Waals surface area contributed by atoms with E-state index in [9.17, 15) is 19.8 Å². The molecular weight excluding hydrogens is 420 g/mol. The molecule has 4 N–H and O–H groups in total. The Morgan fingerprint density at radius 1 is 0.970 bits per heavy atom. The third-order valence-corrected chi connectivity index (χ3v) is 5.57. The van der Waals surface area contributed by atoms with Crippen molar-refractivity contribution in [1.82, 2.24) is 0 Å². The normalized spacial score (nSPS) is 13.6. The van der Waals surface area contributed by atoms with Gasteiger partial charge in [0, 0.05) is 5.57 Å². The van der Waals surface area contributed by atoms with E-state index in [0.29, 0.717) is 43.2 Å². The van der Waals surface area contributed by atoms with Crippen LogP contribution >= 0.6 is 0 Å². The molecule has 0 aromatic heterocycles. The first-order valence-electron chi connectivity index (χ1n) is 11.1. The molecule has 0 heterocycles. The fourth-order valence-corrected chi connectivity index (χ4v) is 3.21. The Hall–Kier alpha value is -3.12. The number of aromatic carboxylic acids is 1. The minimum Gasteiger partial charge on any atom is -0.508 e. The van der Waals surface area contributed by atoms with Gasteiger partial charge in [-0.1, -0.05) is 36.0 Å². The van der Waals surface area contributed by atoms with Crippen LogP contribution in [0.25, 0.3) is 0 Å². The zero-order chi connectivity index (χ0) is 25.0. The number of carboxylic acid groups (broad SMARTS) is 2. The number of aromatic hydroxyl groups is 1. The summed E-state index contributed by atoms with van der Waals surface area (Å²) < 4.78 is 0. The SMILES string of the molecule is C=C(CC/C=C(\C)CC/C=C(\C)C(=O)O)C(O)CC/C(C)=C/Cc1cc(C(=O)O)ccc1O. The van der Waals surface area contributed by atoms with E-state index in [-0.39, 0.29) is 11.3 Å². The minimum atomic E-state index is -1.03. The summed E-state index contributed by atoms with van der Waals surface area (Å²) in [7, 11) is 0. The van der Waals surface area contributed by atoms with E-state index in [1.54, 1.807) is 13.0 Å². The molecule has 0 aliphatic rings. The lowest BCUT2D eigenvalue weighted by atomic mass is 9.98. The van der Waals surface area contributed by atoms with Gasteiger partial charge in [-0.15, -0.1) is 0 Å². The van der Waals surface area contributed by atoms with Crippen molar-refractivity contribution < 1.29 is 30.0 Å². The molecule has 0 aliphatic carbocycles. The van der Waals surface area contributed by atoms with Crippen LogP contribution in [-0.2, 0) is 11.2 Å². The first-order valence-corrected chi connectivity index (χ1v) is 11.1. The number of aliphatic carboxylic acids is 1. The maximum atomic E-state index is 11.1. The van der Waals surface area contributed by atoms with Crippen molar-refractivity contribution in [2.45, 2.75) is 71.8 Å². The van der Waals surface area contributed by atoms with Gasteiger partial charge in [-0.2, -0.15) is 0 Å². The summed E-state index contributed by atoms with van der Waals surface area (Å²) in [6.07, 6.45) is 9.73. The summed E-state index contributed by atoms with van der Waals surface area (Å²) in [4.78, 5) is 21.9. The molecule has 0 aliphatic heterocycles. The van der Waals surface area contributed by atoms with Crippen molar-refractivity contribution in [3.05, 3.63) is 76.4 Å². The van der Waals surface area contributed by atoms with E-state index in [4.69, 9.17) is 10.2 Å². The van der Waals surface area contributed by atoms with Gasteiger partial charge >= 0.3 is 11.9 Å². The zero-order valence-corrected chi connectivity index (χ0v) is 19.8. The Morgan fingerprint density at radius 3 is 2.24 bits per heavy atom. The van der Waals surface area contributed by atoms with Crippen molar-refractivity contribution in [1.29, 1.82) is 0 Å². The second kappa shape index (κ2) is 14.1. The third kappa shape index (κ3) is 10.8. The summed E-state index contributed by atoms with van der Waals surface area (Å²) in [5.41, 5.74) is 4.05. The highest BCUT2D eigenvalue weighted by molar-refractivity contribution is 5.88. The van der Waals surface area contributed by atoms with Crippen molar-refractivity contribution in [3.63, 3.8) is 0 Å². The monoisotopic (exact) mass is 456 g/mol. The lowest BCUT2D eigenvalue weighted by molar-refractivity contribution is -0.132. The van der Waals surface area contributed by atoms with Gasteiger partial charge in [0.15, 0.2) is 0 Å². The number of hydrogen-bond donors (Lipinski definition) is 4. The summed E-state index contributed by atoms with van der Waals surface area (Å²) in [6.45, 7) is 9.55. The lowest BCUT2D eigenvalue weighted by Crippen LogP contribution is -2.09. The molecule has 6 nitrogen and oxygen atoms in total. The maximum absolute atomic E-state index is 11.1. The molecule has 1 rings (SSSR count). The average molecular weight is 457 g/mol. The minimum absolute atomic E-state index is 0.0638. The topological polar surface area (TPSA) is 115 Å². The summed E-state index contributed by atoms with van der Waals surface area (Å²) in [5.74, 6) is -1.86. The van der Waals surface area contributed by atoms with Crippen LogP contribution in [0.5, 0.6) is 5.75 Å². The van der Waals surface area contributed by atoms with Crippen LogP contribution < -0.4 is 0 Å². The number of carboxylic acids is 2. The molecule has 0 amide bonds. The van der Waals surface area contributed by atoms with Gasteiger partial charge in [-0.05, 0) is 95.1 Å². The fraction of sp³-hybridized carbons (Fsp3) is 0.407. The smallest absolute Gasteiger partial charge is 0.335 e. The molecule has 180 valence electrons. The van der Waals surface area contributed by atoms with Crippen molar-refractivity contribution in [2.24, 2.45) is 0 Å². The van der Waals surface area contributed by atoms with Gasteiger partial charge in [0.1, 0.15) is 5.75 Å². The third-order valence-electron chi connectivity index (χ3n) is 5.57. The maximum Gasteiger partial charge on any atom is 0.335 e. The molecule has 0 saturated carbocycles. The Bertz CT molecular complexity index is 936. The second-order valence-electron chi connectivity index (χ2n) is 8.44. The molecule has 1 aromatic rings. The number of benzene rings is 1. The van der Waals surface area contributed by atoms with E-state index in [1.807, 2.05) is 19.9 Å². The highest BCUT2D eigenvalue weighted by atomic mass is 16.4. The number of hydrogen-bond acceptors (Lipinski definition) is 4. The van der Waals surface area contributed by atoms with E-state index >= 15 is 0 Å². The molecule has 6 heteroatoms. The molecular formula is C27H36O6. The molecule has 33 heavy (non-hydrogen) atoms. The molecule has 1 aromatic carbocycles. The Kier molecular flexibility index (Phi) is 11.9. The van der Waals surface area contributed by atoms with E-state index in [0.717, 1.165) is 24.0 Å².